The molecule has 1 aromatic carbocycles. The highest BCUT2D eigenvalue weighted by Gasteiger charge is 2.15. The molecule has 108 valence electrons. The molecule has 0 radical (unpaired) electrons. The fourth-order valence-electron chi connectivity index (χ4n) is 1.95. The van der Waals surface area contributed by atoms with E-state index in [1.54, 1.807) is 18.2 Å². The lowest BCUT2D eigenvalue weighted by molar-refractivity contribution is 0.461. The predicted molar refractivity (Wildman–Crippen MR) is 78.6 cm³/mol. The van der Waals surface area contributed by atoms with Crippen LogP contribution in [0.4, 0.5) is 0 Å². The first-order valence-electron chi connectivity index (χ1n) is 6.11. The monoisotopic (exact) mass is 313 g/mol. The molecular weight excluding hydrogens is 298 g/mol. The van der Waals surface area contributed by atoms with Gasteiger partial charge >= 0.3 is 0 Å². The third-order valence-corrected chi connectivity index (χ3v) is 4.41. The Kier molecular flexibility index (Phi) is 4.52. The van der Waals surface area contributed by atoms with Crippen molar-refractivity contribution in [1.29, 1.82) is 0 Å². The molecule has 0 unspecified atom stereocenters. The van der Waals surface area contributed by atoms with Gasteiger partial charge < -0.3 is 9.73 Å². The van der Waals surface area contributed by atoms with Gasteiger partial charge in [-0.15, -0.1) is 0 Å². The van der Waals surface area contributed by atoms with E-state index in [0.29, 0.717) is 23.7 Å². The minimum atomic E-state index is -3.29. The Morgan fingerprint density at radius 1 is 1.20 bits per heavy atom. The lowest BCUT2D eigenvalue weighted by atomic mass is 10.2. The molecule has 0 saturated carbocycles. The second-order valence-corrected chi connectivity index (χ2v) is 7.00. The maximum Gasteiger partial charge on any atom is 0.175 e. The number of benzene rings is 1. The van der Waals surface area contributed by atoms with Gasteiger partial charge in [0.1, 0.15) is 11.5 Å². The van der Waals surface area contributed by atoms with Crippen molar-refractivity contribution >= 4 is 21.4 Å². The van der Waals surface area contributed by atoms with Crippen LogP contribution in [0, 0.1) is 6.92 Å². The summed E-state index contributed by atoms with van der Waals surface area (Å²) in [5.41, 5.74) is 0.583. The Bertz CT molecular complexity index is 707. The molecule has 4 nitrogen and oxygen atoms in total. The van der Waals surface area contributed by atoms with Crippen LogP contribution in [0.3, 0.4) is 0 Å². The zero-order valence-corrected chi connectivity index (χ0v) is 12.9. The summed E-state index contributed by atoms with van der Waals surface area (Å²) in [4.78, 5) is 0.258. The number of sulfone groups is 1. The number of furan rings is 1. The summed E-state index contributed by atoms with van der Waals surface area (Å²) < 4.78 is 28.9. The Morgan fingerprint density at radius 3 is 2.55 bits per heavy atom. The highest BCUT2D eigenvalue weighted by atomic mass is 35.5. The van der Waals surface area contributed by atoms with Crippen LogP contribution < -0.4 is 5.32 Å². The Hall–Kier alpha value is -1.30. The van der Waals surface area contributed by atoms with Crippen molar-refractivity contribution in [2.75, 3.05) is 6.26 Å². The van der Waals surface area contributed by atoms with Gasteiger partial charge in [-0.1, -0.05) is 17.7 Å². The number of hydrogen-bond acceptors (Lipinski definition) is 4. The van der Waals surface area contributed by atoms with E-state index in [1.807, 2.05) is 19.1 Å². The summed E-state index contributed by atoms with van der Waals surface area (Å²) >= 11 is 6.09. The lowest BCUT2D eigenvalue weighted by Gasteiger charge is -2.10. The molecule has 0 atom stereocenters. The van der Waals surface area contributed by atoms with Crippen LogP contribution in [0.1, 0.15) is 17.1 Å². The van der Waals surface area contributed by atoms with E-state index >= 15 is 0 Å². The summed E-state index contributed by atoms with van der Waals surface area (Å²) in [5, 5.41) is 3.58. The highest BCUT2D eigenvalue weighted by molar-refractivity contribution is 7.90. The van der Waals surface area contributed by atoms with E-state index < -0.39 is 9.84 Å². The van der Waals surface area contributed by atoms with Gasteiger partial charge in [-0.25, -0.2) is 8.42 Å². The smallest absolute Gasteiger partial charge is 0.175 e. The molecule has 0 aliphatic carbocycles. The van der Waals surface area contributed by atoms with Crippen molar-refractivity contribution in [3.8, 4) is 0 Å². The van der Waals surface area contributed by atoms with Gasteiger partial charge in [0, 0.05) is 23.4 Å². The number of aryl methyl sites for hydroxylation is 1. The second-order valence-electron chi connectivity index (χ2n) is 4.60. The topological polar surface area (TPSA) is 59.3 Å². The molecule has 1 N–H and O–H groups in total. The number of halogens is 1. The zero-order chi connectivity index (χ0) is 14.8. The molecule has 2 rings (SSSR count). The molecule has 6 heteroatoms. The molecule has 1 heterocycles. The molecule has 0 amide bonds. The van der Waals surface area contributed by atoms with Crippen LogP contribution in [-0.4, -0.2) is 14.7 Å². The lowest BCUT2D eigenvalue weighted by Crippen LogP contribution is -2.15. The summed E-state index contributed by atoms with van der Waals surface area (Å²) in [7, 11) is -3.29. The van der Waals surface area contributed by atoms with Crippen molar-refractivity contribution in [2.24, 2.45) is 0 Å². The zero-order valence-electron chi connectivity index (χ0n) is 11.3. The summed E-state index contributed by atoms with van der Waals surface area (Å²) in [5.74, 6) is 1.65. The van der Waals surface area contributed by atoms with Crippen molar-refractivity contribution in [2.45, 2.75) is 24.9 Å². The van der Waals surface area contributed by atoms with Crippen LogP contribution in [0.15, 0.2) is 39.6 Å². The maximum atomic E-state index is 11.7. The van der Waals surface area contributed by atoms with E-state index in [2.05, 4.69) is 5.32 Å². The van der Waals surface area contributed by atoms with Crippen LogP contribution in [0.5, 0.6) is 0 Å². The normalized spacial score (nSPS) is 11.8. The van der Waals surface area contributed by atoms with Gasteiger partial charge in [-0.05, 0) is 31.2 Å². The summed E-state index contributed by atoms with van der Waals surface area (Å²) in [6.45, 7) is 2.75. The van der Waals surface area contributed by atoms with Crippen molar-refractivity contribution in [3.63, 3.8) is 0 Å². The minimum Gasteiger partial charge on any atom is -0.465 e. The Balaban J connectivity index is 2.13. The van der Waals surface area contributed by atoms with Crippen molar-refractivity contribution in [3.05, 3.63) is 52.4 Å². The van der Waals surface area contributed by atoms with E-state index in [1.165, 1.54) is 6.26 Å². The highest BCUT2D eigenvalue weighted by Crippen LogP contribution is 2.24. The van der Waals surface area contributed by atoms with Gasteiger partial charge in [0.15, 0.2) is 9.84 Å². The third-order valence-electron chi connectivity index (χ3n) is 2.87. The predicted octanol–water partition coefficient (Wildman–Crippen LogP) is 2.93. The van der Waals surface area contributed by atoms with Crippen molar-refractivity contribution in [1.82, 2.24) is 5.32 Å². The molecule has 0 aliphatic heterocycles. The molecule has 0 fully saturated rings. The first-order valence-corrected chi connectivity index (χ1v) is 8.38. The number of rotatable bonds is 5. The van der Waals surface area contributed by atoms with Gasteiger partial charge in [0.2, 0.25) is 0 Å². The quantitative estimate of drug-likeness (QED) is 0.922. The molecule has 0 spiro atoms. The molecule has 0 bridgehead atoms. The largest absolute Gasteiger partial charge is 0.465 e. The Morgan fingerprint density at radius 2 is 1.95 bits per heavy atom. The van der Waals surface area contributed by atoms with Gasteiger partial charge in [0.05, 0.1) is 11.4 Å². The Labute approximate surface area is 123 Å². The fraction of sp³-hybridized carbons (Fsp3) is 0.286. The van der Waals surface area contributed by atoms with Gasteiger partial charge in [-0.3, -0.25) is 0 Å². The third kappa shape index (κ3) is 3.62. The van der Waals surface area contributed by atoms with Crippen molar-refractivity contribution < 1.29 is 12.8 Å². The van der Waals surface area contributed by atoms with Gasteiger partial charge in [0.25, 0.3) is 0 Å². The molecule has 20 heavy (non-hydrogen) atoms. The molecular formula is C14H16ClNO3S. The number of hydrogen-bond donors (Lipinski definition) is 1. The van der Waals surface area contributed by atoms with Crippen LogP contribution in [-0.2, 0) is 22.9 Å². The standard InChI is InChI=1S/C14H16ClNO3S/c1-10-6-7-11(19-10)8-16-9-12-13(15)4-3-5-14(12)20(2,17)18/h3-7,16H,8-9H2,1-2H3. The van der Waals surface area contributed by atoms with E-state index in [0.717, 1.165) is 11.5 Å². The first kappa shape index (κ1) is 15.1. The summed E-state index contributed by atoms with van der Waals surface area (Å²) in [6.07, 6.45) is 1.18. The van der Waals surface area contributed by atoms with E-state index in [-0.39, 0.29) is 4.90 Å². The maximum absolute atomic E-state index is 11.7. The van der Waals surface area contributed by atoms with Gasteiger partial charge in [-0.2, -0.15) is 0 Å². The number of nitrogens with one attached hydrogen (secondary N) is 1. The molecule has 0 saturated heterocycles. The fourth-order valence-corrected chi connectivity index (χ4v) is 3.20. The average Bonchev–Trinajstić information content (AvgIpc) is 2.76. The van der Waals surface area contributed by atoms with E-state index in [4.69, 9.17) is 16.0 Å². The molecule has 0 aliphatic rings. The molecule has 1 aromatic heterocycles. The molecule has 2 aromatic rings. The summed E-state index contributed by atoms with van der Waals surface area (Å²) in [6, 6.07) is 8.65. The first-order chi connectivity index (χ1) is 9.38. The van der Waals surface area contributed by atoms with Crippen LogP contribution in [0.2, 0.25) is 5.02 Å². The average molecular weight is 314 g/mol. The van der Waals surface area contributed by atoms with E-state index in [9.17, 15) is 8.42 Å². The second kappa shape index (κ2) is 5.99. The van der Waals surface area contributed by atoms with Crippen LogP contribution >= 0.6 is 11.6 Å². The SMILES string of the molecule is Cc1ccc(CNCc2c(Cl)cccc2S(C)(=O)=O)o1. The minimum absolute atomic E-state index is 0.258. The van der Waals surface area contributed by atoms with Crippen LogP contribution in [0.25, 0.3) is 0 Å².